The van der Waals surface area contributed by atoms with Crippen LogP contribution >= 0.6 is 24.4 Å². The number of urea groups is 1. The van der Waals surface area contributed by atoms with Crippen LogP contribution in [0.5, 0.6) is 0 Å². The molecule has 3 aromatic rings. The van der Waals surface area contributed by atoms with Crippen LogP contribution in [0, 0.1) is 0 Å². The average Bonchev–Trinajstić information content (AvgIpc) is 2.74. The number of fused-ring (bicyclic) bond motifs is 1. The van der Waals surface area contributed by atoms with Crippen molar-refractivity contribution in [2.75, 3.05) is 23.3 Å². The third kappa shape index (κ3) is 3.88. The molecule has 1 saturated heterocycles. The van der Waals surface area contributed by atoms with Crippen molar-refractivity contribution >= 4 is 52.7 Å². The molecule has 2 heterocycles. The lowest BCUT2D eigenvalue weighted by Gasteiger charge is -2.37. The van der Waals surface area contributed by atoms with Crippen molar-refractivity contribution < 1.29 is 4.79 Å². The lowest BCUT2D eigenvalue weighted by atomic mass is 10.0. The molecule has 5 nitrogen and oxygen atoms in total. The number of piperidine rings is 1. The minimum absolute atomic E-state index is 0.0833. The van der Waals surface area contributed by atoms with E-state index in [9.17, 15) is 4.79 Å². The molecule has 0 aliphatic carbocycles. The van der Waals surface area contributed by atoms with Gasteiger partial charge in [-0.25, -0.2) is 4.79 Å². The maximum Gasteiger partial charge on any atom is 0.331 e. The smallest absolute Gasteiger partial charge is 0.331 e. The van der Waals surface area contributed by atoms with Crippen molar-refractivity contribution in [1.82, 2.24) is 9.29 Å². The van der Waals surface area contributed by atoms with Gasteiger partial charge < -0.3 is 10.2 Å². The Hall–Kier alpha value is -2.44. The second kappa shape index (κ2) is 8.29. The van der Waals surface area contributed by atoms with E-state index in [-0.39, 0.29) is 12.1 Å². The Kier molecular flexibility index (Phi) is 5.59. The maximum atomic E-state index is 12.5. The molecular formula is C21H21ClN4OS. The summed E-state index contributed by atoms with van der Waals surface area (Å²) >= 11 is 10.8. The first kappa shape index (κ1) is 18.9. The van der Waals surface area contributed by atoms with Crippen LogP contribution in [0.15, 0.2) is 60.8 Å². The van der Waals surface area contributed by atoms with E-state index in [1.165, 1.54) is 4.31 Å². The number of amides is 2. The van der Waals surface area contributed by atoms with E-state index in [1.807, 2.05) is 54.6 Å². The number of nitrogens with zero attached hydrogens (tertiary/aromatic N) is 3. The Labute approximate surface area is 174 Å². The van der Waals surface area contributed by atoms with E-state index in [0.717, 1.165) is 48.2 Å². The number of anilines is 2. The molecule has 2 amide bonds. The van der Waals surface area contributed by atoms with E-state index in [4.69, 9.17) is 11.6 Å². The quantitative estimate of drug-likeness (QED) is 0.578. The van der Waals surface area contributed by atoms with Gasteiger partial charge in [0, 0.05) is 42.1 Å². The van der Waals surface area contributed by atoms with Gasteiger partial charge in [-0.05, 0) is 37.1 Å². The molecular weight excluding hydrogens is 392 g/mol. The fourth-order valence-electron chi connectivity index (χ4n) is 3.62. The molecule has 1 aromatic heterocycles. The van der Waals surface area contributed by atoms with Gasteiger partial charge in [0.05, 0.1) is 10.5 Å². The normalized spacial score (nSPS) is 14.9. The van der Waals surface area contributed by atoms with Gasteiger partial charge in [0.25, 0.3) is 0 Å². The Morgan fingerprint density at radius 1 is 1.11 bits per heavy atom. The molecule has 0 unspecified atom stereocenters. The van der Waals surface area contributed by atoms with Crippen molar-refractivity contribution in [1.29, 1.82) is 0 Å². The number of nitrogens with one attached hydrogen (secondary N) is 1. The Morgan fingerprint density at radius 2 is 1.86 bits per heavy atom. The zero-order valence-corrected chi connectivity index (χ0v) is 16.9. The fourth-order valence-corrected chi connectivity index (χ4v) is 4.12. The van der Waals surface area contributed by atoms with Crippen LogP contribution in [0.1, 0.15) is 12.8 Å². The third-order valence-corrected chi connectivity index (χ3v) is 5.90. The highest BCUT2D eigenvalue weighted by Gasteiger charge is 2.27. The van der Waals surface area contributed by atoms with Crippen molar-refractivity contribution in [2.24, 2.45) is 0 Å². The van der Waals surface area contributed by atoms with E-state index in [1.54, 1.807) is 6.20 Å². The van der Waals surface area contributed by atoms with E-state index < -0.39 is 0 Å². The summed E-state index contributed by atoms with van der Waals surface area (Å²) in [5.41, 5.74) is 2.72. The summed E-state index contributed by atoms with van der Waals surface area (Å²) in [5.74, 6) is 0. The number of hydrogen-bond acceptors (Lipinski definition) is 4. The number of rotatable bonds is 3. The SMILES string of the molecule is O=C(Nc1ccccc1)N(S)C1CCN(c2ccnc3c(Cl)cccc23)CC1. The molecule has 0 bridgehead atoms. The Bertz CT molecular complexity index is 977. The minimum atomic E-state index is -0.200. The van der Waals surface area contributed by atoms with E-state index in [2.05, 4.69) is 28.0 Å². The summed E-state index contributed by atoms with van der Waals surface area (Å²) in [5, 5.41) is 4.60. The van der Waals surface area contributed by atoms with Crippen LogP contribution in [0.2, 0.25) is 5.02 Å². The first-order chi connectivity index (χ1) is 13.6. The lowest BCUT2D eigenvalue weighted by molar-refractivity contribution is 0.223. The highest BCUT2D eigenvalue weighted by Crippen LogP contribution is 2.32. The number of para-hydroxylation sites is 2. The molecule has 1 N–H and O–H groups in total. The minimum Gasteiger partial charge on any atom is -0.371 e. The molecule has 0 saturated carbocycles. The molecule has 144 valence electrons. The van der Waals surface area contributed by atoms with Crippen molar-refractivity contribution in [3.63, 3.8) is 0 Å². The van der Waals surface area contributed by atoms with E-state index >= 15 is 0 Å². The first-order valence-electron chi connectivity index (χ1n) is 9.26. The van der Waals surface area contributed by atoms with Crippen molar-refractivity contribution in [3.05, 3.63) is 65.8 Å². The predicted octanol–water partition coefficient (Wildman–Crippen LogP) is 5.24. The largest absolute Gasteiger partial charge is 0.371 e. The van der Waals surface area contributed by atoms with Gasteiger partial charge in [0.2, 0.25) is 0 Å². The van der Waals surface area contributed by atoms with Crippen LogP contribution in [-0.4, -0.2) is 34.5 Å². The molecule has 1 fully saturated rings. The zero-order valence-electron chi connectivity index (χ0n) is 15.3. The molecule has 7 heteroatoms. The fraction of sp³-hybridized carbons (Fsp3) is 0.238. The number of carbonyl (C=O) groups is 1. The Morgan fingerprint density at radius 3 is 2.61 bits per heavy atom. The monoisotopic (exact) mass is 412 g/mol. The molecule has 1 aliphatic rings. The molecule has 4 rings (SSSR count). The van der Waals surface area contributed by atoms with Gasteiger partial charge in [-0.15, -0.1) is 0 Å². The van der Waals surface area contributed by atoms with Crippen molar-refractivity contribution in [3.8, 4) is 0 Å². The topological polar surface area (TPSA) is 48.5 Å². The van der Waals surface area contributed by atoms with Crippen LogP contribution in [0.4, 0.5) is 16.2 Å². The van der Waals surface area contributed by atoms with Gasteiger partial charge in [-0.1, -0.05) is 54.7 Å². The Balaban J connectivity index is 1.42. The highest BCUT2D eigenvalue weighted by molar-refractivity contribution is 7.78. The van der Waals surface area contributed by atoms with Gasteiger partial charge in [0.1, 0.15) is 0 Å². The summed E-state index contributed by atoms with van der Waals surface area (Å²) in [6.45, 7) is 1.68. The summed E-state index contributed by atoms with van der Waals surface area (Å²) in [6, 6.07) is 17.2. The summed E-state index contributed by atoms with van der Waals surface area (Å²) < 4.78 is 1.52. The number of aromatic nitrogens is 1. The molecule has 0 spiro atoms. The molecule has 28 heavy (non-hydrogen) atoms. The lowest BCUT2D eigenvalue weighted by Crippen LogP contribution is -2.44. The van der Waals surface area contributed by atoms with Crippen LogP contribution < -0.4 is 10.2 Å². The zero-order chi connectivity index (χ0) is 19.5. The first-order valence-corrected chi connectivity index (χ1v) is 10.0. The molecule has 1 aliphatic heterocycles. The number of hydrogen-bond donors (Lipinski definition) is 2. The van der Waals surface area contributed by atoms with Crippen LogP contribution in [0.25, 0.3) is 10.9 Å². The molecule has 2 aromatic carbocycles. The summed E-state index contributed by atoms with van der Waals surface area (Å²) in [7, 11) is 0. The average molecular weight is 413 g/mol. The number of pyridine rings is 1. The summed E-state index contributed by atoms with van der Waals surface area (Å²) in [4.78, 5) is 19.2. The van der Waals surface area contributed by atoms with Crippen molar-refractivity contribution in [2.45, 2.75) is 18.9 Å². The van der Waals surface area contributed by atoms with Gasteiger partial charge >= 0.3 is 6.03 Å². The predicted molar refractivity (Wildman–Crippen MR) is 118 cm³/mol. The molecule has 0 radical (unpaired) electrons. The second-order valence-electron chi connectivity index (χ2n) is 6.83. The van der Waals surface area contributed by atoms with Gasteiger partial charge in [-0.2, -0.15) is 0 Å². The number of carbonyl (C=O) groups excluding carboxylic acids is 1. The number of benzene rings is 2. The second-order valence-corrected chi connectivity index (χ2v) is 7.66. The van der Waals surface area contributed by atoms with Gasteiger partial charge in [0.15, 0.2) is 0 Å². The van der Waals surface area contributed by atoms with E-state index in [0.29, 0.717) is 5.02 Å². The standard InChI is InChI=1S/C21H21ClN4OS/c22-18-8-4-7-17-19(9-12-23-20(17)18)25-13-10-16(11-14-25)26(28)21(27)24-15-5-2-1-3-6-15/h1-9,12,16,28H,10-11,13-14H2,(H,24,27). The highest BCUT2D eigenvalue weighted by atomic mass is 35.5. The molecule has 0 atom stereocenters. The third-order valence-electron chi connectivity index (χ3n) is 5.08. The van der Waals surface area contributed by atoms with Crippen LogP contribution in [-0.2, 0) is 0 Å². The number of thiol groups is 1. The maximum absolute atomic E-state index is 12.5. The van der Waals surface area contributed by atoms with Gasteiger partial charge in [-0.3, -0.25) is 9.29 Å². The summed E-state index contributed by atoms with van der Waals surface area (Å²) in [6.07, 6.45) is 3.49. The van der Waals surface area contributed by atoms with Crippen LogP contribution in [0.3, 0.4) is 0 Å². The number of halogens is 1.